The molecule has 0 aromatic heterocycles. The molecule has 0 unspecified atom stereocenters. The van der Waals surface area contributed by atoms with Gasteiger partial charge in [0.15, 0.2) is 0 Å². The summed E-state index contributed by atoms with van der Waals surface area (Å²) in [6.07, 6.45) is 6.76. The van der Waals surface area contributed by atoms with Crippen molar-refractivity contribution in [3.63, 3.8) is 0 Å². The van der Waals surface area contributed by atoms with Gasteiger partial charge in [0.2, 0.25) is 0 Å². The van der Waals surface area contributed by atoms with E-state index in [1.807, 2.05) is 6.92 Å². The number of hydrogen-bond donors (Lipinski definition) is 0. The summed E-state index contributed by atoms with van der Waals surface area (Å²) in [4.78, 5) is 0. The minimum Gasteiger partial charge on any atom is -0.212 e. The average Bonchev–Trinajstić information content (AvgIpc) is 2.15. The summed E-state index contributed by atoms with van der Waals surface area (Å²) in [6.45, 7) is 10.3. The van der Waals surface area contributed by atoms with Crippen molar-refractivity contribution in [2.75, 3.05) is 0 Å². The maximum Gasteiger partial charge on any atom is 0.0996 e. The monoisotopic (exact) mass is 186 g/mol. The Bertz CT molecular complexity index is 143. The number of hydrogen-bond acceptors (Lipinski definition) is 0. The quantitative estimate of drug-likeness (QED) is 0.551. The zero-order chi connectivity index (χ0) is 10.7. The Balaban J connectivity index is 0. The molecule has 0 radical (unpaired) electrons. The first-order chi connectivity index (χ1) is 6.08. The minimum atomic E-state index is -0.0666. The van der Waals surface area contributed by atoms with E-state index in [9.17, 15) is 4.39 Å². The third-order valence-corrected chi connectivity index (χ3v) is 1.62. The van der Waals surface area contributed by atoms with Gasteiger partial charge < -0.3 is 0 Å². The van der Waals surface area contributed by atoms with Crippen LogP contribution in [0, 0.1) is 5.92 Å². The van der Waals surface area contributed by atoms with Crippen molar-refractivity contribution in [2.45, 2.75) is 47.5 Å². The van der Waals surface area contributed by atoms with Crippen LogP contribution in [0.2, 0.25) is 0 Å². The van der Waals surface area contributed by atoms with Crippen molar-refractivity contribution >= 4 is 0 Å². The van der Waals surface area contributed by atoms with Crippen LogP contribution in [0.5, 0.6) is 0 Å². The molecule has 0 aliphatic rings. The number of allylic oxidation sites excluding steroid dienone is 4. The Morgan fingerprint density at radius 2 is 1.77 bits per heavy atom. The average molecular weight is 186 g/mol. The summed E-state index contributed by atoms with van der Waals surface area (Å²) in [5.41, 5.74) is 0. The van der Waals surface area contributed by atoms with Gasteiger partial charge in [-0.1, -0.05) is 46.3 Å². The summed E-state index contributed by atoms with van der Waals surface area (Å²) in [5.74, 6) is 0.818. The van der Waals surface area contributed by atoms with Crippen LogP contribution in [-0.2, 0) is 0 Å². The van der Waals surface area contributed by atoms with Gasteiger partial charge in [0.05, 0.1) is 5.83 Å². The van der Waals surface area contributed by atoms with Crippen molar-refractivity contribution in [1.82, 2.24) is 0 Å². The van der Waals surface area contributed by atoms with Gasteiger partial charge in [-0.3, -0.25) is 0 Å². The van der Waals surface area contributed by atoms with Gasteiger partial charge in [0, 0.05) is 0 Å². The SMILES string of the molecule is C/C=C\C=C(\F)CC.CCC(C)C. The van der Waals surface area contributed by atoms with E-state index in [4.69, 9.17) is 0 Å². The fraction of sp³-hybridized carbons (Fsp3) is 0.667. The summed E-state index contributed by atoms with van der Waals surface area (Å²) in [7, 11) is 0. The van der Waals surface area contributed by atoms with Gasteiger partial charge in [0.25, 0.3) is 0 Å². The first kappa shape index (κ1) is 14.9. The maximum absolute atomic E-state index is 12.1. The second kappa shape index (κ2) is 11.4. The Morgan fingerprint density at radius 1 is 1.31 bits per heavy atom. The predicted octanol–water partition coefficient (Wildman–Crippen LogP) is 4.88. The highest BCUT2D eigenvalue weighted by Crippen LogP contribution is 2.00. The molecule has 1 heteroatoms. The van der Waals surface area contributed by atoms with Crippen LogP contribution in [0.1, 0.15) is 47.5 Å². The Morgan fingerprint density at radius 3 is 2.00 bits per heavy atom. The molecule has 0 bridgehead atoms. The second-order valence-electron chi connectivity index (χ2n) is 3.29. The molecule has 0 aliphatic heterocycles. The molecule has 0 nitrogen and oxygen atoms in total. The fourth-order valence-corrected chi connectivity index (χ4v) is 0.318. The van der Waals surface area contributed by atoms with E-state index in [2.05, 4.69) is 20.8 Å². The molecule has 0 spiro atoms. The lowest BCUT2D eigenvalue weighted by Crippen LogP contribution is -1.77. The maximum atomic E-state index is 12.1. The molecule has 0 rings (SSSR count). The zero-order valence-electron chi connectivity index (χ0n) is 9.60. The Labute approximate surface area is 82.5 Å². The molecule has 0 aromatic carbocycles. The standard InChI is InChI=1S/C7H11F.C5H12/c1-3-5-6-7(8)4-2;1-4-5(2)3/h3,5-6H,4H2,1-2H3;5H,4H2,1-3H3/b5-3-,7-6+;. The lowest BCUT2D eigenvalue weighted by molar-refractivity contribution is 0.604. The van der Waals surface area contributed by atoms with Crippen molar-refractivity contribution in [3.05, 3.63) is 24.1 Å². The van der Waals surface area contributed by atoms with Crippen molar-refractivity contribution in [3.8, 4) is 0 Å². The van der Waals surface area contributed by atoms with Crippen molar-refractivity contribution in [2.24, 2.45) is 5.92 Å². The highest BCUT2D eigenvalue weighted by molar-refractivity contribution is 5.05. The highest BCUT2D eigenvalue weighted by Gasteiger charge is 1.81. The van der Waals surface area contributed by atoms with Crippen LogP contribution in [-0.4, -0.2) is 0 Å². The number of rotatable bonds is 3. The molecular formula is C12H23F. The van der Waals surface area contributed by atoms with Gasteiger partial charge in [-0.25, -0.2) is 4.39 Å². The Kier molecular flexibility index (Phi) is 13.1. The van der Waals surface area contributed by atoms with Crippen LogP contribution in [0.25, 0.3) is 0 Å². The molecule has 0 saturated carbocycles. The van der Waals surface area contributed by atoms with E-state index in [0.29, 0.717) is 6.42 Å². The molecule has 0 saturated heterocycles. The normalized spacial score (nSPS) is 11.8. The summed E-state index contributed by atoms with van der Waals surface area (Å²) < 4.78 is 12.1. The van der Waals surface area contributed by atoms with E-state index in [0.717, 1.165) is 5.92 Å². The lowest BCUT2D eigenvalue weighted by Gasteiger charge is -1.90. The first-order valence-electron chi connectivity index (χ1n) is 5.05. The van der Waals surface area contributed by atoms with Crippen molar-refractivity contribution < 1.29 is 4.39 Å². The van der Waals surface area contributed by atoms with E-state index < -0.39 is 0 Å². The van der Waals surface area contributed by atoms with Crippen LogP contribution in [0.15, 0.2) is 24.1 Å². The molecule has 13 heavy (non-hydrogen) atoms. The third kappa shape index (κ3) is 18.4. The molecule has 0 fully saturated rings. The van der Waals surface area contributed by atoms with Gasteiger partial charge in [-0.2, -0.15) is 0 Å². The van der Waals surface area contributed by atoms with Crippen LogP contribution in [0.4, 0.5) is 4.39 Å². The van der Waals surface area contributed by atoms with E-state index >= 15 is 0 Å². The molecule has 0 aliphatic carbocycles. The summed E-state index contributed by atoms with van der Waals surface area (Å²) in [5, 5.41) is 0. The lowest BCUT2D eigenvalue weighted by atomic mass is 10.2. The van der Waals surface area contributed by atoms with Gasteiger partial charge in [-0.05, 0) is 25.3 Å². The molecule has 0 atom stereocenters. The molecule has 0 amide bonds. The van der Waals surface area contributed by atoms with Gasteiger partial charge in [0.1, 0.15) is 0 Å². The zero-order valence-corrected chi connectivity index (χ0v) is 9.60. The van der Waals surface area contributed by atoms with Crippen molar-refractivity contribution in [1.29, 1.82) is 0 Å². The smallest absolute Gasteiger partial charge is 0.0996 e. The van der Waals surface area contributed by atoms with Gasteiger partial charge in [-0.15, -0.1) is 0 Å². The van der Waals surface area contributed by atoms with Crippen LogP contribution >= 0.6 is 0 Å². The second-order valence-corrected chi connectivity index (χ2v) is 3.29. The fourth-order valence-electron chi connectivity index (χ4n) is 0.318. The summed E-state index contributed by atoms with van der Waals surface area (Å²) >= 11 is 0. The van der Waals surface area contributed by atoms with Crippen LogP contribution in [0.3, 0.4) is 0 Å². The number of halogens is 1. The van der Waals surface area contributed by atoms with Gasteiger partial charge >= 0.3 is 0 Å². The molecule has 78 valence electrons. The van der Waals surface area contributed by atoms with Crippen LogP contribution < -0.4 is 0 Å². The molecule has 0 aromatic rings. The van der Waals surface area contributed by atoms with E-state index in [1.165, 1.54) is 12.5 Å². The Hall–Kier alpha value is -0.590. The minimum absolute atomic E-state index is 0.0666. The van der Waals surface area contributed by atoms with E-state index in [-0.39, 0.29) is 5.83 Å². The molecule has 0 N–H and O–H groups in total. The molecular weight excluding hydrogens is 163 g/mol. The highest BCUT2D eigenvalue weighted by atomic mass is 19.1. The first-order valence-corrected chi connectivity index (χ1v) is 5.05. The largest absolute Gasteiger partial charge is 0.212 e. The van der Waals surface area contributed by atoms with E-state index in [1.54, 1.807) is 19.1 Å². The molecule has 0 heterocycles. The third-order valence-electron chi connectivity index (χ3n) is 1.62. The topological polar surface area (TPSA) is 0 Å². The predicted molar refractivity (Wildman–Crippen MR) is 59.4 cm³/mol. The summed E-state index contributed by atoms with van der Waals surface area (Å²) in [6, 6.07) is 0.